The second kappa shape index (κ2) is 7.70. The van der Waals surface area contributed by atoms with E-state index in [1.54, 1.807) is 30.3 Å². The Balaban J connectivity index is 1.99. The molecule has 0 radical (unpaired) electrons. The van der Waals surface area contributed by atoms with E-state index >= 15 is 0 Å². The van der Waals surface area contributed by atoms with Crippen molar-refractivity contribution < 1.29 is 14.5 Å². The molecule has 0 aromatic heterocycles. The Morgan fingerprint density at radius 3 is 2.42 bits per heavy atom. The van der Waals surface area contributed by atoms with Gasteiger partial charge in [-0.2, -0.15) is 0 Å². The minimum atomic E-state index is -0.600. The highest BCUT2D eigenvalue weighted by Gasteiger charge is 2.18. The van der Waals surface area contributed by atoms with E-state index in [-0.39, 0.29) is 23.6 Å². The first-order chi connectivity index (χ1) is 11.5. The quantitative estimate of drug-likeness (QED) is 0.405. The number of Topliss-reactive ketones (excluding diaryl/α,β-unsaturated/α-hetero) is 1. The van der Waals surface area contributed by atoms with Gasteiger partial charge in [-0.05, 0) is 25.1 Å². The third-order valence-corrected chi connectivity index (χ3v) is 3.21. The molecule has 0 fully saturated rings. The summed E-state index contributed by atoms with van der Waals surface area (Å²) in [6.45, 7) is 1.54. The fourth-order valence-corrected chi connectivity index (χ4v) is 1.98. The molecule has 0 saturated heterocycles. The molecule has 6 nitrogen and oxygen atoms in total. The van der Waals surface area contributed by atoms with E-state index < -0.39 is 10.8 Å². The lowest BCUT2D eigenvalue weighted by Gasteiger charge is -2.02. The number of nitro groups is 1. The van der Waals surface area contributed by atoms with Gasteiger partial charge in [0.25, 0.3) is 11.6 Å². The van der Waals surface area contributed by atoms with E-state index in [2.05, 4.69) is 17.2 Å². The first kappa shape index (κ1) is 16.9. The standard InChI is InChI=1S/C18H14N2O4/c1-13(21)15-10-8-14(9-11-15)5-4-12-19-18(22)16-6-2-3-7-17(16)20(23)24/h2-3,6-11H,12H2,1H3,(H,19,22). The van der Waals surface area contributed by atoms with Crippen molar-refractivity contribution in [3.05, 3.63) is 75.3 Å². The zero-order valence-electron chi connectivity index (χ0n) is 12.9. The van der Waals surface area contributed by atoms with Gasteiger partial charge in [0.15, 0.2) is 5.78 Å². The van der Waals surface area contributed by atoms with Crippen molar-refractivity contribution in [2.75, 3.05) is 6.54 Å². The number of para-hydroxylation sites is 1. The summed E-state index contributed by atoms with van der Waals surface area (Å²) >= 11 is 0. The van der Waals surface area contributed by atoms with Crippen molar-refractivity contribution in [1.82, 2.24) is 5.32 Å². The second-order valence-electron chi connectivity index (χ2n) is 4.89. The highest BCUT2D eigenvalue weighted by Crippen LogP contribution is 2.17. The molecule has 0 unspecified atom stereocenters. The summed E-state index contributed by atoms with van der Waals surface area (Å²) in [5, 5.41) is 13.4. The monoisotopic (exact) mass is 322 g/mol. The number of ketones is 1. The maximum absolute atomic E-state index is 12.0. The van der Waals surface area contributed by atoms with Gasteiger partial charge in [-0.3, -0.25) is 19.7 Å². The highest BCUT2D eigenvalue weighted by atomic mass is 16.6. The number of hydrogen-bond acceptors (Lipinski definition) is 4. The van der Waals surface area contributed by atoms with Crippen molar-refractivity contribution >= 4 is 17.4 Å². The summed E-state index contributed by atoms with van der Waals surface area (Å²) in [7, 11) is 0. The second-order valence-corrected chi connectivity index (χ2v) is 4.89. The van der Waals surface area contributed by atoms with Crippen LogP contribution in [0.5, 0.6) is 0 Å². The van der Waals surface area contributed by atoms with Crippen LogP contribution < -0.4 is 5.32 Å². The first-order valence-corrected chi connectivity index (χ1v) is 7.10. The molecule has 0 atom stereocenters. The molecule has 0 aliphatic heterocycles. The molecule has 0 spiro atoms. The molecule has 2 aromatic rings. The number of rotatable bonds is 4. The molecular weight excluding hydrogens is 308 g/mol. The minimum Gasteiger partial charge on any atom is -0.341 e. The maximum atomic E-state index is 12.0. The van der Waals surface area contributed by atoms with E-state index in [1.807, 2.05) is 0 Å². The molecule has 0 saturated carbocycles. The van der Waals surface area contributed by atoms with Crippen LogP contribution in [0.25, 0.3) is 0 Å². The topological polar surface area (TPSA) is 89.3 Å². The maximum Gasteiger partial charge on any atom is 0.282 e. The van der Waals surface area contributed by atoms with Crippen LogP contribution in [0, 0.1) is 22.0 Å². The number of nitro benzene ring substituents is 1. The van der Waals surface area contributed by atoms with E-state index in [4.69, 9.17) is 0 Å². The van der Waals surface area contributed by atoms with Gasteiger partial charge in [0, 0.05) is 17.2 Å². The Morgan fingerprint density at radius 1 is 1.12 bits per heavy atom. The van der Waals surface area contributed by atoms with E-state index in [1.165, 1.54) is 25.1 Å². The Labute approximate surface area is 138 Å². The Morgan fingerprint density at radius 2 is 1.79 bits per heavy atom. The Hall–Kier alpha value is -3.46. The zero-order valence-corrected chi connectivity index (χ0v) is 12.9. The zero-order chi connectivity index (χ0) is 17.5. The number of carbonyl (C=O) groups excluding carboxylic acids is 2. The molecule has 1 amide bonds. The van der Waals surface area contributed by atoms with Crippen LogP contribution >= 0.6 is 0 Å². The fraction of sp³-hybridized carbons (Fsp3) is 0.111. The number of carbonyl (C=O) groups is 2. The van der Waals surface area contributed by atoms with E-state index in [9.17, 15) is 19.7 Å². The van der Waals surface area contributed by atoms with E-state index in [0.717, 1.165) is 0 Å². The smallest absolute Gasteiger partial charge is 0.282 e. The van der Waals surface area contributed by atoms with Crippen molar-refractivity contribution in [3.63, 3.8) is 0 Å². The molecule has 24 heavy (non-hydrogen) atoms. The number of amides is 1. The van der Waals surface area contributed by atoms with Gasteiger partial charge in [0.1, 0.15) is 5.56 Å². The number of benzene rings is 2. The van der Waals surface area contributed by atoms with Gasteiger partial charge in [0.05, 0.1) is 11.5 Å². The lowest BCUT2D eigenvalue weighted by Crippen LogP contribution is -2.24. The normalized spacial score (nSPS) is 9.54. The van der Waals surface area contributed by atoms with Crippen molar-refractivity contribution in [1.29, 1.82) is 0 Å². The van der Waals surface area contributed by atoms with E-state index in [0.29, 0.717) is 11.1 Å². The van der Waals surface area contributed by atoms with Crippen LogP contribution in [0.4, 0.5) is 5.69 Å². The molecular formula is C18H14N2O4. The van der Waals surface area contributed by atoms with Crippen LogP contribution in [0.1, 0.15) is 33.2 Å². The van der Waals surface area contributed by atoms with Gasteiger partial charge in [-0.15, -0.1) is 0 Å². The SMILES string of the molecule is CC(=O)c1ccc(C#CCNC(=O)c2ccccc2[N+](=O)[O-])cc1. The third-order valence-electron chi connectivity index (χ3n) is 3.21. The lowest BCUT2D eigenvalue weighted by atomic mass is 10.1. The Kier molecular flexibility index (Phi) is 5.42. The van der Waals surface area contributed by atoms with Crippen molar-refractivity contribution in [3.8, 4) is 11.8 Å². The summed E-state index contributed by atoms with van der Waals surface area (Å²) in [4.78, 5) is 33.4. The van der Waals surface area contributed by atoms with Crippen LogP contribution in [-0.4, -0.2) is 23.2 Å². The average Bonchev–Trinajstić information content (AvgIpc) is 2.58. The van der Waals surface area contributed by atoms with Crippen molar-refractivity contribution in [2.24, 2.45) is 0 Å². The van der Waals surface area contributed by atoms with Crippen LogP contribution in [-0.2, 0) is 0 Å². The summed E-state index contributed by atoms with van der Waals surface area (Å²) in [5.74, 6) is 5.03. The van der Waals surface area contributed by atoms with Gasteiger partial charge < -0.3 is 5.32 Å². The van der Waals surface area contributed by atoms with Crippen LogP contribution in [0.2, 0.25) is 0 Å². The molecule has 0 aliphatic carbocycles. The van der Waals surface area contributed by atoms with Crippen molar-refractivity contribution in [2.45, 2.75) is 6.92 Å². The van der Waals surface area contributed by atoms with Gasteiger partial charge in [0.2, 0.25) is 0 Å². The average molecular weight is 322 g/mol. The molecule has 0 aliphatic rings. The third kappa shape index (κ3) is 4.27. The largest absolute Gasteiger partial charge is 0.341 e. The van der Waals surface area contributed by atoms with Crippen LogP contribution in [0.15, 0.2) is 48.5 Å². The fourth-order valence-electron chi connectivity index (χ4n) is 1.98. The molecule has 0 bridgehead atoms. The predicted molar refractivity (Wildman–Crippen MR) is 88.8 cm³/mol. The van der Waals surface area contributed by atoms with Crippen LogP contribution in [0.3, 0.4) is 0 Å². The Bertz CT molecular complexity index is 845. The first-order valence-electron chi connectivity index (χ1n) is 7.10. The number of hydrogen-bond donors (Lipinski definition) is 1. The summed E-state index contributed by atoms with van der Waals surface area (Å²) in [5.41, 5.74) is 1.06. The van der Waals surface area contributed by atoms with Gasteiger partial charge >= 0.3 is 0 Å². The number of nitrogens with zero attached hydrogens (tertiary/aromatic N) is 1. The predicted octanol–water partition coefficient (Wildman–Crippen LogP) is 2.58. The minimum absolute atomic E-state index is 0.00453. The molecule has 120 valence electrons. The highest BCUT2D eigenvalue weighted by molar-refractivity contribution is 5.98. The molecule has 0 heterocycles. The molecule has 1 N–H and O–H groups in total. The molecule has 2 rings (SSSR count). The van der Waals surface area contributed by atoms with Gasteiger partial charge in [-0.25, -0.2) is 0 Å². The summed E-state index contributed by atoms with van der Waals surface area (Å²) in [6, 6.07) is 12.5. The lowest BCUT2D eigenvalue weighted by molar-refractivity contribution is -0.385. The van der Waals surface area contributed by atoms with Gasteiger partial charge in [-0.1, -0.05) is 36.1 Å². The molecule has 6 heteroatoms. The summed E-state index contributed by atoms with van der Waals surface area (Å²) < 4.78 is 0. The molecule has 2 aromatic carbocycles. The summed E-state index contributed by atoms with van der Waals surface area (Å²) in [6.07, 6.45) is 0. The number of nitrogens with one attached hydrogen (secondary N) is 1.